The van der Waals surface area contributed by atoms with Crippen molar-refractivity contribution in [2.75, 3.05) is 19.8 Å². The van der Waals surface area contributed by atoms with Gasteiger partial charge in [0.15, 0.2) is 6.29 Å². The molecule has 2 unspecified atom stereocenters. The Labute approximate surface area is 115 Å². The van der Waals surface area contributed by atoms with Gasteiger partial charge in [-0.15, -0.1) is 0 Å². The van der Waals surface area contributed by atoms with Gasteiger partial charge in [-0.05, 0) is 38.3 Å². The summed E-state index contributed by atoms with van der Waals surface area (Å²) in [5.41, 5.74) is 0. The third-order valence-corrected chi connectivity index (χ3v) is 3.47. The molecule has 1 aromatic heterocycles. The van der Waals surface area contributed by atoms with E-state index in [0.717, 1.165) is 24.0 Å². The van der Waals surface area contributed by atoms with Gasteiger partial charge in [-0.25, -0.2) is 0 Å². The summed E-state index contributed by atoms with van der Waals surface area (Å²) in [6.07, 6.45) is 1.09. The molecule has 1 N–H and O–H groups in total. The van der Waals surface area contributed by atoms with Crippen LogP contribution in [0.1, 0.15) is 44.6 Å². The van der Waals surface area contributed by atoms with Crippen molar-refractivity contribution in [2.45, 2.75) is 45.9 Å². The summed E-state index contributed by atoms with van der Waals surface area (Å²) in [6.45, 7) is 8.94. The van der Waals surface area contributed by atoms with Crippen LogP contribution in [-0.4, -0.2) is 26.0 Å². The standard InChI is InChI=1S/C15H25NO3/c1-4-17-15(18-5-2)10-16-9-12-6-7-14(19-12)13-8-11(13)3/h6-7,11,13,15-16H,4-5,8-10H2,1-3H3. The molecule has 2 rings (SSSR count). The molecule has 0 bridgehead atoms. The quantitative estimate of drug-likeness (QED) is 0.699. The van der Waals surface area contributed by atoms with Crippen LogP contribution in [0.4, 0.5) is 0 Å². The van der Waals surface area contributed by atoms with Gasteiger partial charge in [0.1, 0.15) is 11.5 Å². The molecular formula is C15H25NO3. The van der Waals surface area contributed by atoms with Crippen molar-refractivity contribution in [3.63, 3.8) is 0 Å². The summed E-state index contributed by atoms with van der Waals surface area (Å²) >= 11 is 0. The molecule has 0 aliphatic heterocycles. The third kappa shape index (κ3) is 4.34. The van der Waals surface area contributed by atoms with Crippen molar-refractivity contribution >= 4 is 0 Å². The topological polar surface area (TPSA) is 43.6 Å². The first-order valence-corrected chi connectivity index (χ1v) is 7.27. The van der Waals surface area contributed by atoms with E-state index >= 15 is 0 Å². The van der Waals surface area contributed by atoms with Crippen LogP contribution in [0, 0.1) is 5.92 Å². The van der Waals surface area contributed by atoms with E-state index in [0.29, 0.717) is 25.7 Å². The van der Waals surface area contributed by atoms with Crippen LogP contribution in [0.5, 0.6) is 0 Å². The lowest BCUT2D eigenvalue weighted by molar-refractivity contribution is -0.133. The normalized spacial score (nSPS) is 22.1. The van der Waals surface area contributed by atoms with Crippen molar-refractivity contribution in [3.8, 4) is 0 Å². The summed E-state index contributed by atoms with van der Waals surface area (Å²) in [6, 6.07) is 4.16. The molecule has 1 fully saturated rings. The maximum Gasteiger partial charge on any atom is 0.169 e. The Kier molecular flexibility index (Phi) is 5.43. The van der Waals surface area contributed by atoms with Crippen LogP contribution in [0.15, 0.2) is 16.5 Å². The summed E-state index contributed by atoms with van der Waals surface area (Å²) in [5.74, 6) is 3.55. The molecule has 0 radical (unpaired) electrons. The van der Waals surface area contributed by atoms with Gasteiger partial charge in [-0.3, -0.25) is 0 Å². The summed E-state index contributed by atoms with van der Waals surface area (Å²) in [4.78, 5) is 0. The largest absolute Gasteiger partial charge is 0.464 e. The minimum Gasteiger partial charge on any atom is -0.464 e. The molecule has 1 saturated carbocycles. The van der Waals surface area contributed by atoms with Gasteiger partial charge >= 0.3 is 0 Å². The Morgan fingerprint density at radius 1 is 1.32 bits per heavy atom. The molecule has 4 heteroatoms. The van der Waals surface area contributed by atoms with Crippen LogP contribution in [0.2, 0.25) is 0 Å². The Balaban J connectivity index is 1.71. The Morgan fingerprint density at radius 3 is 2.58 bits per heavy atom. The third-order valence-electron chi connectivity index (χ3n) is 3.47. The molecule has 4 nitrogen and oxygen atoms in total. The average molecular weight is 267 g/mol. The number of furan rings is 1. The fourth-order valence-electron chi connectivity index (χ4n) is 2.26. The number of nitrogens with one attached hydrogen (secondary N) is 1. The zero-order valence-corrected chi connectivity index (χ0v) is 12.1. The first-order valence-electron chi connectivity index (χ1n) is 7.27. The first-order chi connectivity index (χ1) is 9.24. The predicted octanol–water partition coefficient (Wildman–Crippen LogP) is 2.89. The highest BCUT2D eigenvalue weighted by atomic mass is 16.7. The van der Waals surface area contributed by atoms with E-state index in [2.05, 4.69) is 24.4 Å². The van der Waals surface area contributed by atoms with E-state index in [1.54, 1.807) is 0 Å². The zero-order valence-electron chi connectivity index (χ0n) is 12.1. The SMILES string of the molecule is CCOC(CNCc1ccc(C2CC2C)o1)OCC. The number of hydrogen-bond acceptors (Lipinski definition) is 4. The van der Waals surface area contributed by atoms with Gasteiger partial charge in [0.05, 0.1) is 6.54 Å². The number of hydrogen-bond donors (Lipinski definition) is 1. The minimum absolute atomic E-state index is 0.173. The molecule has 19 heavy (non-hydrogen) atoms. The van der Waals surface area contributed by atoms with Gasteiger partial charge in [-0.1, -0.05) is 6.92 Å². The number of ether oxygens (including phenoxy) is 2. The van der Waals surface area contributed by atoms with Crippen LogP contribution < -0.4 is 5.32 Å². The minimum atomic E-state index is -0.173. The molecule has 1 aliphatic rings. The van der Waals surface area contributed by atoms with E-state index in [1.165, 1.54) is 6.42 Å². The lowest BCUT2D eigenvalue weighted by atomic mass is 10.3. The second-order valence-electron chi connectivity index (χ2n) is 5.09. The lowest BCUT2D eigenvalue weighted by Crippen LogP contribution is -2.31. The van der Waals surface area contributed by atoms with E-state index < -0.39 is 0 Å². The highest BCUT2D eigenvalue weighted by Crippen LogP contribution is 2.47. The van der Waals surface area contributed by atoms with Gasteiger partial charge in [-0.2, -0.15) is 0 Å². The fourth-order valence-corrected chi connectivity index (χ4v) is 2.26. The van der Waals surface area contributed by atoms with E-state index in [1.807, 2.05) is 13.8 Å². The summed E-state index contributed by atoms with van der Waals surface area (Å²) < 4.78 is 16.8. The molecule has 108 valence electrons. The molecule has 0 saturated heterocycles. The van der Waals surface area contributed by atoms with Crippen molar-refractivity contribution in [1.29, 1.82) is 0 Å². The molecule has 0 amide bonds. The van der Waals surface area contributed by atoms with Gasteiger partial charge in [0.2, 0.25) is 0 Å². The Bertz CT molecular complexity index is 371. The van der Waals surface area contributed by atoms with E-state index in [9.17, 15) is 0 Å². The van der Waals surface area contributed by atoms with Gasteiger partial charge in [0, 0.05) is 25.7 Å². The monoisotopic (exact) mass is 267 g/mol. The van der Waals surface area contributed by atoms with Gasteiger partial charge < -0.3 is 19.2 Å². The van der Waals surface area contributed by atoms with Crippen molar-refractivity contribution in [3.05, 3.63) is 23.7 Å². The smallest absolute Gasteiger partial charge is 0.169 e. The molecular weight excluding hydrogens is 242 g/mol. The Hall–Kier alpha value is -0.840. The molecule has 0 spiro atoms. The van der Waals surface area contributed by atoms with E-state index in [4.69, 9.17) is 13.9 Å². The van der Waals surface area contributed by atoms with Crippen molar-refractivity contribution in [2.24, 2.45) is 5.92 Å². The lowest BCUT2D eigenvalue weighted by Gasteiger charge is -2.16. The first kappa shape index (κ1) is 14.6. The maximum absolute atomic E-state index is 5.84. The van der Waals surface area contributed by atoms with Crippen molar-refractivity contribution < 1.29 is 13.9 Å². The summed E-state index contributed by atoms with van der Waals surface area (Å²) in [5, 5.41) is 3.31. The predicted molar refractivity (Wildman–Crippen MR) is 74.0 cm³/mol. The van der Waals surface area contributed by atoms with Gasteiger partial charge in [0.25, 0.3) is 0 Å². The van der Waals surface area contributed by atoms with Crippen molar-refractivity contribution in [1.82, 2.24) is 5.32 Å². The van der Waals surface area contributed by atoms with Crippen LogP contribution in [0.3, 0.4) is 0 Å². The molecule has 0 aromatic carbocycles. The molecule has 1 aliphatic carbocycles. The molecule has 1 heterocycles. The second-order valence-corrected chi connectivity index (χ2v) is 5.09. The van der Waals surface area contributed by atoms with E-state index in [-0.39, 0.29) is 6.29 Å². The number of rotatable bonds is 9. The average Bonchev–Trinajstić information content (AvgIpc) is 2.93. The maximum atomic E-state index is 5.84. The van der Waals surface area contributed by atoms with Crippen LogP contribution in [0.25, 0.3) is 0 Å². The highest BCUT2D eigenvalue weighted by molar-refractivity contribution is 5.17. The Morgan fingerprint density at radius 2 is 2.00 bits per heavy atom. The van der Waals surface area contributed by atoms with Crippen LogP contribution in [-0.2, 0) is 16.0 Å². The summed E-state index contributed by atoms with van der Waals surface area (Å²) in [7, 11) is 0. The molecule has 2 atom stereocenters. The van der Waals surface area contributed by atoms with Crippen LogP contribution >= 0.6 is 0 Å². The second kappa shape index (κ2) is 7.08. The highest BCUT2D eigenvalue weighted by Gasteiger charge is 2.36. The molecule has 1 aromatic rings. The zero-order chi connectivity index (χ0) is 13.7. The fraction of sp³-hybridized carbons (Fsp3) is 0.733.